The van der Waals surface area contributed by atoms with Crippen molar-refractivity contribution in [1.82, 2.24) is 4.99 Å². The molecular formula is C21H19N+. The van der Waals surface area contributed by atoms with E-state index in [0.29, 0.717) is 0 Å². The summed E-state index contributed by atoms with van der Waals surface area (Å²) >= 11 is 0. The summed E-state index contributed by atoms with van der Waals surface area (Å²) in [5.41, 5.74) is 9.14. The molecule has 1 nitrogen and oxygen atoms in total. The highest BCUT2D eigenvalue weighted by molar-refractivity contribution is 6.12. The first-order chi connectivity index (χ1) is 10.8. The average molecular weight is 285 g/mol. The van der Waals surface area contributed by atoms with E-state index >= 15 is 0 Å². The van der Waals surface area contributed by atoms with Crippen molar-refractivity contribution in [3.8, 4) is 0 Å². The Kier molecular flexibility index (Phi) is 3.27. The Morgan fingerprint density at radius 1 is 0.727 bits per heavy atom. The number of allylic oxidation sites excluding steroid dienone is 3. The van der Waals surface area contributed by atoms with Crippen LogP contribution in [0.1, 0.15) is 37.3 Å². The molecule has 0 atom stereocenters. The van der Waals surface area contributed by atoms with Gasteiger partial charge in [0.15, 0.2) is 0 Å². The summed E-state index contributed by atoms with van der Waals surface area (Å²) in [5.74, 6) is 0. The molecule has 1 aliphatic heterocycles. The van der Waals surface area contributed by atoms with Crippen LogP contribution in [0.25, 0.3) is 11.3 Å². The zero-order valence-electron chi connectivity index (χ0n) is 12.8. The van der Waals surface area contributed by atoms with E-state index in [9.17, 15) is 0 Å². The van der Waals surface area contributed by atoms with Gasteiger partial charge in [0.2, 0.25) is 0 Å². The minimum Gasteiger partial charge on any atom is -0.0622 e. The molecule has 0 bridgehead atoms. The van der Waals surface area contributed by atoms with Crippen molar-refractivity contribution in [1.29, 1.82) is 0 Å². The molecule has 0 aromatic heterocycles. The maximum absolute atomic E-state index is 4.99. The number of hydrogen-bond acceptors (Lipinski definition) is 1. The summed E-state index contributed by atoms with van der Waals surface area (Å²) < 4.78 is 0. The summed E-state index contributed by atoms with van der Waals surface area (Å²) in [5, 5.41) is 0. The van der Waals surface area contributed by atoms with E-state index in [1.54, 1.807) is 0 Å². The molecular weight excluding hydrogens is 266 g/mol. The van der Waals surface area contributed by atoms with Crippen molar-refractivity contribution in [2.75, 3.05) is 0 Å². The molecule has 2 aliphatic rings. The zero-order valence-corrected chi connectivity index (χ0v) is 12.8. The fourth-order valence-electron chi connectivity index (χ4n) is 3.57. The number of benzene rings is 2. The summed E-state index contributed by atoms with van der Waals surface area (Å²) in [6.07, 6.45) is 3.59. The van der Waals surface area contributed by atoms with Gasteiger partial charge in [-0.25, -0.2) is 0 Å². The van der Waals surface area contributed by atoms with Crippen molar-refractivity contribution in [2.24, 2.45) is 0 Å². The Balaban J connectivity index is 2.00. The molecule has 4 rings (SSSR count). The lowest BCUT2D eigenvalue weighted by Gasteiger charge is -2.13. The predicted octanol–water partition coefficient (Wildman–Crippen LogP) is 4.85. The van der Waals surface area contributed by atoms with Crippen LogP contribution in [0, 0.1) is 0 Å². The van der Waals surface area contributed by atoms with Gasteiger partial charge < -0.3 is 0 Å². The highest BCUT2D eigenvalue weighted by Gasteiger charge is 2.35. The molecule has 0 unspecified atom stereocenters. The van der Waals surface area contributed by atoms with Crippen LogP contribution in [0.4, 0.5) is 0 Å². The average Bonchev–Trinajstić information content (AvgIpc) is 3.06. The van der Waals surface area contributed by atoms with Crippen LogP contribution >= 0.6 is 0 Å². The van der Waals surface area contributed by atoms with Crippen LogP contribution in [-0.4, -0.2) is 5.71 Å². The van der Waals surface area contributed by atoms with Crippen molar-refractivity contribution < 1.29 is 0 Å². The SMILES string of the molecule is CC1=[N+]C(c2ccccc2)=C(c2ccccc2)C2=C1CCC2. The Labute approximate surface area is 131 Å². The van der Waals surface area contributed by atoms with Crippen LogP contribution in [0.5, 0.6) is 0 Å². The van der Waals surface area contributed by atoms with Crippen LogP contribution in [0.2, 0.25) is 0 Å². The number of aliphatic imine (C=N–C) groups is 1. The molecule has 0 saturated heterocycles. The lowest BCUT2D eigenvalue weighted by molar-refractivity contribution is 0.911. The first-order valence-electron chi connectivity index (χ1n) is 7.98. The van der Waals surface area contributed by atoms with Gasteiger partial charge in [-0.05, 0) is 42.5 Å². The van der Waals surface area contributed by atoms with Gasteiger partial charge in [-0.2, -0.15) is 0 Å². The molecule has 107 valence electrons. The van der Waals surface area contributed by atoms with Gasteiger partial charge in [-0.1, -0.05) is 48.5 Å². The molecule has 2 aromatic carbocycles. The number of hydrogen-bond donors (Lipinski definition) is 0. The van der Waals surface area contributed by atoms with Crippen LogP contribution in [0.15, 0.2) is 71.8 Å². The van der Waals surface area contributed by atoms with Crippen LogP contribution < -0.4 is 4.99 Å². The third-order valence-electron chi connectivity index (χ3n) is 4.58. The minimum absolute atomic E-state index is 1.13. The third kappa shape index (κ3) is 2.14. The fraction of sp³-hybridized carbons (Fsp3) is 0.190. The number of rotatable bonds is 2. The first-order valence-corrected chi connectivity index (χ1v) is 7.98. The van der Waals surface area contributed by atoms with E-state index in [4.69, 9.17) is 4.99 Å². The number of nitrogens with zero attached hydrogens (tertiary/aromatic N) is 1. The van der Waals surface area contributed by atoms with E-state index in [1.807, 2.05) is 0 Å². The zero-order chi connectivity index (χ0) is 14.9. The van der Waals surface area contributed by atoms with Gasteiger partial charge in [0, 0.05) is 12.5 Å². The standard InChI is InChI=1S/C21H19N/c1-15-18-13-8-14-19(18)20(16-9-4-2-5-10-16)21(22-15)17-11-6-3-7-12-17/h2-7,9-12H,8,13-14H2,1H3/q+1. The van der Waals surface area contributed by atoms with Crippen molar-refractivity contribution in [3.05, 3.63) is 82.9 Å². The lowest BCUT2D eigenvalue weighted by Crippen LogP contribution is -2.14. The maximum Gasteiger partial charge on any atom is 0.292 e. The topological polar surface area (TPSA) is 14.1 Å². The summed E-state index contributed by atoms with van der Waals surface area (Å²) in [7, 11) is 0. The molecule has 1 radical (unpaired) electrons. The molecule has 1 heteroatoms. The Hall–Kier alpha value is -2.41. The van der Waals surface area contributed by atoms with Gasteiger partial charge in [0.1, 0.15) is 0 Å². The van der Waals surface area contributed by atoms with Gasteiger partial charge in [0.25, 0.3) is 11.4 Å². The highest BCUT2D eigenvalue weighted by Crippen LogP contribution is 2.42. The van der Waals surface area contributed by atoms with E-state index in [-0.39, 0.29) is 0 Å². The Morgan fingerprint density at radius 2 is 1.32 bits per heavy atom. The molecule has 0 saturated carbocycles. The van der Waals surface area contributed by atoms with Crippen molar-refractivity contribution in [3.63, 3.8) is 0 Å². The predicted molar refractivity (Wildman–Crippen MR) is 93.4 cm³/mol. The normalized spacial score (nSPS) is 17.6. The van der Waals surface area contributed by atoms with Gasteiger partial charge in [-0.3, -0.25) is 0 Å². The largest absolute Gasteiger partial charge is 0.292 e. The molecule has 22 heavy (non-hydrogen) atoms. The second kappa shape index (κ2) is 5.42. The van der Waals surface area contributed by atoms with E-state index < -0.39 is 0 Å². The molecule has 1 heterocycles. The van der Waals surface area contributed by atoms with Crippen LogP contribution in [-0.2, 0) is 0 Å². The Morgan fingerprint density at radius 3 is 2.00 bits per heavy atom. The van der Waals surface area contributed by atoms with Crippen molar-refractivity contribution in [2.45, 2.75) is 26.2 Å². The summed E-state index contributed by atoms with van der Waals surface area (Å²) in [6.45, 7) is 2.16. The van der Waals surface area contributed by atoms with E-state index in [0.717, 1.165) is 5.70 Å². The fourth-order valence-corrected chi connectivity index (χ4v) is 3.57. The van der Waals surface area contributed by atoms with E-state index in [2.05, 4.69) is 67.6 Å². The smallest absolute Gasteiger partial charge is 0.0622 e. The molecule has 0 N–H and O–H groups in total. The second-order valence-corrected chi connectivity index (χ2v) is 5.96. The van der Waals surface area contributed by atoms with E-state index in [1.165, 1.54) is 52.8 Å². The third-order valence-corrected chi connectivity index (χ3v) is 4.58. The van der Waals surface area contributed by atoms with Crippen LogP contribution in [0.3, 0.4) is 0 Å². The van der Waals surface area contributed by atoms with Gasteiger partial charge >= 0.3 is 0 Å². The lowest BCUT2D eigenvalue weighted by atomic mass is 9.88. The summed E-state index contributed by atoms with van der Waals surface area (Å²) in [6, 6.07) is 21.3. The summed E-state index contributed by atoms with van der Waals surface area (Å²) in [4.78, 5) is 4.99. The molecule has 0 amide bonds. The molecule has 2 aromatic rings. The highest BCUT2D eigenvalue weighted by atomic mass is 14.8. The molecule has 0 fully saturated rings. The monoisotopic (exact) mass is 285 g/mol. The molecule has 1 aliphatic carbocycles. The first kappa shape index (κ1) is 13.3. The van der Waals surface area contributed by atoms with Gasteiger partial charge in [-0.15, -0.1) is 0 Å². The van der Waals surface area contributed by atoms with Crippen molar-refractivity contribution >= 4 is 17.0 Å². The minimum atomic E-state index is 1.13. The molecule has 0 spiro atoms. The second-order valence-electron chi connectivity index (χ2n) is 5.96. The Bertz CT molecular complexity index is 792. The maximum atomic E-state index is 4.99. The quantitative estimate of drug-likeness (QED) is 0.749. The van der Waals surface area contributed by atoms with Gasteiger partial charge in [0.05, 0.1) is 16.1 Å².